The van der Waals surface area contributed by atoms with Crippen LogP contribution < -0.4 is 5.32 Å². The van der Waals surface area contributed by atoms with E-state index in [9.17, 15) is 0 Å². The highest BCUT2D eigenvalue weighted by molar-refractivity contribution is 5.10. The standard InChI is InChI=1S/C15H29N3O/c1-6-8-16-14(10-13(4)19-5)11-15-9-12(3)17-18(15)7-2/h9,13-14,16H,6-8,10-11H2,1-5H3. The molecule has 0 amide bonds. The molecule has 0 aliphatic rings. The Kier molecular flexibility index (Phi) is 7.10. The van der Waals surface area contributed by atoms with Gasteiger partial charge in [0, 0.05) is 31.8 Å². The van der Waals surface area contributed by atoms with Crippen molar-refractivity contribution in [3.05, 3.63) is 17.5 Å². The molecular weight excluding hydrogens is 238 g/mol. The molecule has 1 aromatic heterocycles. The zero-order valence-corrected chi connectivity index (χ0v) is 13.1. The van der Waals surface area contributed by atoms with Crippen molar-refractivity contribution in [2.75, 3.05) is 13.7 Å². The van der Waals surface area contributed by atoms with Gasteiger partial charge < -0.3 is 10.1 Å². The van der Waals surface area contributed by atoms with Crippen LogP contribution in [0.5, 0.6) is 0 Å². The fourth-order valence-corrected chi connectivity index (χ4v) is 2.37. The first-order chi connectivity index (χ1) is 9.10. The SMILES string of the molecule is CCCNC(Cc1cc(C)nn1CC)CC(C)OC. The Morgan fingerprint density at radius 2 is 2.16 bits per heavy atom. The molecule has 4 heteroatoms. The van der Waals surface area contributed by atoms with Crippen molar-refractivity contribution in [2.24, 2.45) is 0 Å². The van der Waals surface area contributed by atoms with Crippen LogP contribution in [0.25, 0.3) is 0 Å². The molecule has 110 valence electrons. The van der Waals surface area contributed by atoms with Crippen LogP contribution in [0.4, 0.5) is 0 Å². The number of hydrogen-bond donors (Lipinski definition) is 1. The first kappa shape index (κ1) is 16.2. The molecule has 0 saturated carbocycles. The Morgan fingerprint density at radius 3 is 2.74 bits per heavy atom. The molecule has 0 saturated heterocycles. The Balaban J connectivity index is 2.68. The second-order valence-electron chi connectivity index (χ2n) is 5.23. The maximum absolute atomic E-state index is 5.40. The van der Waals surface area contributed by atoms with Crippen LogP contribution in [0.15, 0.2) is 6.07 Å². The molecule has 1 aromatic rings. The summed E-state index contributed by atoms with van der Waals surface area (Å²) in [5.74, 6) is 0. The van der Waals surface area contributed by atoms with Crippen molar-refractivity contribution in [3.63, 3.8) is 0 Å². The number of aromatic nitrogens is 2. The van der Waals surface area contributed by atoms with Crippen LogP contribution in [-0.4, -0.2) is 35.6 Å². The number of nitrogens with zero attached hydrogens (tertiary/aromatic N) is 2. The third-order valence-electron chi connectivity index (χ3n) is 3.44. The number of hydrogen-bond acceptors (Lipinski definition) is 3. The predicted molar refractivity (Wildman–Crippen MR) is 79.5 cm³/mol. The minimum atomic E-state index is 0.286. The lowest BCUT2D eigenvalue weighted by Crippen LogP contribution is -2.35. The van der Waals surface area contributed by atoms with Gasteiger partial charge in [-0.3, -0.25) is 4.68 Å². The number of methoxy groups -OCH3 is 1. The smallest absolute Gasteiger partial charge is 0.0596 e. The number of rotatable bonds is 9. The first-order valence-electron chi connectivity index (χ1n) is 7.40. The topological polar surface area (TPSA) is 39.1 Å². The van der Waals surface area contributed by atoms with E-state index in [1.807, 2.05) is 0 Å². The van der Waals surface area contributed by atoms with Gasteiger partial charge in [0.15, 0.2) is 0 Å². The van der Waals surface area contributed by atoms with E-state index in [1.54, 1.807) is 7.11 Å². The highest BCUT2D eigenvalue weighted by Crippen LogP contribution is 2.11. The molecule has 2 unspecified atom stereocenters. The lowest BCUT2D eigenvalue weighted by molar-refractivity contribution is 0.100. The Hall–Kier alpha value is -0.870. The number of ether oxygens (including phenoxy) is 1. The van der Waals surface area contributed by atoms with Crippen LogP contribution >= 0.6 is 0 Å². The summed E-state index contributed by atoms with van der Waals surface area (Å²) in [4.78, 5) is 0. The van der Waals surface area contributed by atoms with Crippen LogP contribution in [0.2, 0.25) is 0 Å². The van der Waals surface area contributed by atoms with Crippen molar-refractivity contribution in [3.8, 4) is 0 Å². The molecule has 0 aliphatic carbocycles. The van der Waals surface area contributed by atoms with E-state index < -0.39 is 0 Å². The first-order valence-corrected chi connectivity index (χ1v) is 7.40. The van der Waals surface area contributed by atoms with E-state index in [-0.39, 0.29) is 6.10 Å². The quantitative estimate of drug-likeness (QED) is 0.747. The summed E-state index contributed by atoms with van der Waals surface area (Å²) in [5.41, 5.74) is 2.42. The van der Waals surface area contributed by atoms with E-state index in [0.29, 0.717) is 6.04 Å². The molecular formula is C15H29N3O. The maximum atomic E-state index is 5.40. The lowest BCUT2D eigenvalue weighted by atomic mass is 10.0. The zero-order valence-electron chi connectivity index (χ0n) is 13.1. The van der Waals surface area contributed by atoms with E-state index in [1.165, 1.54) is 5.69 Å². The Labute approximate surface area is 117 Å². The van der Waals surface area contributed by atoms with Crippen molar-refractivity contribution < 1.29 is 4.74 Å². The van der Waals surface area contributed by atoms with E-state index in [0.717, 1.165) is 38.0 Å². The minimum absolute atomic E-state index is 0.286. The van der Waals surface area contributed by atoms with E-state index in [4.69, 9.17) is 4.74 Å². The fourth-order valence-electron chi connectivity index (χ4n) is 2.37. The molecule has 1 heterocycles. The van der Waals surface area contributed by atoms with Gasteiger partial charge in [0.1, 0.15) is 0 Å². The van der Waals surface area contributed by atoms with Gasteiger partial charge in [0.25, 0.3) is 0 Å². The van der Waals surface area contributed by atoms with Gasteiger partial charge in [-0.2, -0.15) is 5.10 Å². The summed E-state index contributed by atoms with van der Waals surface area (Å²) in [6, 6.07) is 2.65. The largest absolute Gasteiger partial charge is 0.382 e. The van der Waals surface area contributed by atoms with E-state index >= 15 is 0 Å². The Bertz CT molecular complexity index is 362. The zero-order chi connectivity index (χ0) is 14.3. The van der Waals surface area contributed by atoms with Gasteiger partial charge >= 0.3 is 0 Å². The third-order valence-corrected chi connectivity index (χ3v) is 3.44. The van der Waals surface area contributed by atoms with Crippen LogP contribution in [0.1, 0.15) is 45.0 Å². The normalized spacial score (nSPS) is 14.6. The van der Waals surface area contributed by atoms with Gasteiger partial charge in [-0.1, -0.05) is 6.92 Å². The Morgan fingerprint density at radius 1 is 1.42 bits per heavy atom. The molecule has 0 bridgehead atoms. The molecule has 0 radical (unpaired) electrons. The van der Waals surface area contributed by atoms with Gasteiger partial charge in [0.05, 0.1) is 11.8 Å². The average molecular weight is 267 g/mol. The second-order valence-corrected chi connectivity index (χ2v) is 5.23. The molecule has 0 fully saturated rings. The summed E-state index contributed by atoms with van der Waals surface area (Å²) in [7, 11) is 1.78. The van der Waals surface area contributed by atoms with Crippen LogP contribution in [-0.2, 0) is 17.7 Å². The molecule has 2 atom stereocenters. The number of aryl methyl sites for hydroxylation is 2. The van der Waals surface area contributed by atoms with Gasteiger partial charge in [-0.05, 0) is 46.2 Å². The third kappa shape index (κ3) is 5.33. The molecule has 4 nitrogen and oxygen atoms in total. The fraction of sp³-hybridized carbons (Fsp3) is 0.800. The maximum Gasteiger partial charge on any atom is 0.0596 e. The highest BCUT2D eigenvalue weighted by Gasteiger charge is 2.15. The molecule has 0 aromatic carbocycles. The van der Waals surface area contributed by atoms with Gasteiger partial charge in [-0.15, -0.1) is 0 Å². The molecule has 19 heavy (non-hydrogen) atoms. The van der Waals surface area contributed by atoms with E-state index in [2.05, 4.69) is 48.9 Å². The summed E-state index contributed by atoms with van der Waals surface area (Å²) < 4.78 is 7.50. The second kappa shape index (κ2) is 8.33. The summed E-state index contributed by atoms with van der Waals surface area (Å²) >= 11 is 0. The monoisotopic (exact) mass is 267 g/mol. The molecule has 0 aliphatic heterocycles. The summed E-state index contributed by atoms with van der Waals surface area (Å²) in [6.07, 6.45) is 3.49. The van der Waals surface area contributed by atoms with Crippen molar-refractivity contribution in [1.29, 1.82) is 0 Å². The number of nitrogens with one attached hydrogen (secondary N) is 1. The van der Waals surface area contributed by atoms with Crippen molar-refractivity contribution >= 4 is 0 Å². The van der Waals surface area contributed by atoms with Gasteiger partial charge in [-0.25, -0.2) is 0 Å². The summed E-state index contributed by atoms with van der Waals surface area (Å²) in [5, 5.41) is 8.14. The van der Waals surface area contributed by atoms with Crippen LogP contribution in [0.3, 0.4) is 0 Å². The summed E-state index contributed by atoms with van der Waals surface area (Å²) in [6.45, 7) is 10.5. The molecule has 0 spiro atoms. The van der Waals surface area contributed by atoms with Crippen molar-refractivity contribution in [2.45, 2.75) is 65.6 Å². The molecule has 1 rings (SSSR count). The minimum Gasteiger partial charge on any atom is -0.382 e. The molecule has 1 N–H and O–H groups in total. The lowest BCUT2D eigenvalue weighted by Gasteiger charge is -2.22. The van der Waals surface area contributed by atoms with Gasteiger partial charge in [0.2, 0.25) is 0 Å². The van der Waals surface area contributed by atoms with Crippen LogP contribution in [0, 0.1) is 6.92 Å². The van der Waals surface area contributed by atoms with Crippen molar-refractivity contribution in [1.82, 2.24) is 15.1 Å². The predicted octanol–water partition coefficient (Wildman–Crippen LogP) is 2.55. The highest BCUT2D eigenvalue weighted by atomic mass is 16.5. The average Bonchev–Trinajstić information content (AvgIpc) is 2.75.